The first-order valence-corrected chi connectivity index (χ1v) is 34.7. The lowest BCUT2D eigenvalue weighted by atomic mass is 10.1. The van der Waals surface area contributed by atoms with E-state index in [1.807, 2.05) is 13.0 Å². The Morgan fingerprint density at radius 2 is 0.455 bits per heavy atom. The molecule has 0 aromatic carbocycles. The van der Waals surface area contributed by atoms with Crippen LogP contribution in [0.5, 0.6) is 0 Å². The number of carboxylic acids is 3. The maximum Gasteiger partial charge on any atom is 0.303 e. The Balaban J connectivity index is -0.0000000767. The Labute approximate surface area is 552 Å². The number of carbonyl (C=O) groups is 3. The van der Waals surface area contributed by atoms with Crippen LogP contribution in [-0.4, -0.2) is 68.4 Å². The highest BCUT2D eigenvalue weighted by molar-refractivity contribution is 5.67. The first-order valence-electron chi connectivity index (χ1n) is 34.7. The van der Waals surface area contributed by atoms with Crippen molar-refractivity contribution >= 4 is 17.9 Å². The van der Waals surface area contributed by atoms with Gasteiger partial charge in [0.25, 0.3) is 0 Å². The van der Waals surface area contributed by atoms with E-state index in [0.29, 0.717) is 39.1 Å². The van der Waals surface area contributed by atoms with Crippen LogP contribution in [0.4, 0.5) is 0 Å². The number of terminal acetylenes is 2. The largest absolute Gasteiger partial charge is 0.481 e. The molecule has 0 unspecified atom stereocenters. The quantitative estimate of drug-likeness (QED) is 0.0197. The molecule has 0 amide bonds. The third kappa shape index (κ3) is 172. The first kappa shape index (κ1) is 112. The van der Waals surface area contributed by atoms with Gasteiger partial charge in [-0.15, -0.1) is 32.3 Å². The van der Waals surface area contributed by atoms with Gasteiger partial charge >= 0.3 is 17.9 Å². The number of rotatable bonds is 53. The molecule has 0 aromatic rings. The second-order valence-corrected chi connectivity index (χ2v) is 21.6. The van der Waals surface area contributed by atoms with Gasteiger partial charge < -0.3 is 30.6 Å². The van der Waals surface area contributed by atoms with Crippen LogP contribution in [0.1, 0.15) is 385 Å². The summed E-state index contributed by atoms with van der Waals surface area (Å²) in [4.78, 5) is 30.6. The van der Waals surface area contributed by atoms with Crippen LogP contribution in [0.2, 0.25) is 0 Å². The van der Waals surface area contributed by atoms with Crippen molar-refractivity contribution in [3.63, 3.8) is 0 Å². The zero-order chi connectivity index (χ0) is 65.9. The van der Waals surface area contributed by atoms with Crippen LogP contribution in [-0.2, 0) is 14.4 Å². The predicted molar refractivity (Wildman–Crippen MR) is 397 cm³/mol. The molecule has 9 nitrogen and oxygen atoms in total. The molecule has 88 heavy (non-hydrogen) atoms. The second-order valence-electron chi connectivity index (χ2n) is 21.6. The number of carboxylic acid groups (broad SMARTS) is 3. The van der Waals surface area contributed by atoms with E-state index in [-0.39, 0.29) is 22.3 Å². The molecular weight excluding hydrogens is 1090 g/mol. The van der Waals surface area contributed by atoms with Crippen molar-refractivity contribution in [2.45, 2.75) is 385 Å². The van der Waals surface area contributed by atoms with Gasteiger partial charge in [0.1, 0.15) is 0 Å². The molecule has 0 fully saturated rings. The lowest BCUT2D eigenvalue weighted by molar-refractivity contribution is -0.138. The number of aliphatic hydroxyl groups is 3. The molecule has 0 rings (SSSR count). The van der Waals surface area contributed by atoms with Gasteiger partial charge in [0.15, 0.2) is 0 Å². The Kier molecular flexibility index (Phi) is 163. The highest BCUT2D eigenvalue weighted by Crippen LogP contribution is 2.13. The minimum atomic E-state index is -0.674. The monoisotopic (exact) mass is 1250 g/mol. The van der Waals surface area contributed by atoms with Gasteiger partial charge in [-0.1, -0.05) is 290 Å². The standard InChI is InChI=1S/C13H24O2.C12H22O2.2C12H24O.C11H20O2.C9H20O.C3H8.2C2H2.3CH4/c1-2-3-4-5-6-7-8-9-10-11-12-13(14)15;1-2-3-4-5-6-7-8-9-10-11-12(13)14;2*1-2-3-4-5-6-7-8-9-10-11-12-13;1-2-3-4-5-6-7-8-9-10-11(12)13;1-2-3-4-5-6-7-8-9-10;1-3-2;2*1-2;;;/h2-3H,4-12H2,1H3,(H,14,15);2-3H,4-11H2,1H3,(H,13,14);2*2-3,13H,4-12H2,1H3;2H,1,3-10H2,(H,12,13);10H,2-9H2,1H3;3H2,1-2H3;2*1-2H;3*1H4/b4*3-2-;;;;;;;;. The number of hydrogen-bond donors (Lipinski definition) is 6. The molecule has 0 aliphatic heterocycles. The topological polar surface area (TPSA) is 173 Å². The summed E-state index contributed by atoms with van der Waals surface area (Å²) in [7, 11) is 0. The van der Waals surface area contributed by atoms with E-state index >= 15 is 0 Å². The van der Waals surface area contributed by atoms with Gasteiger partial charge in [-0.3, -0.25) is 14.4 Å². The highest BCUT2D eigenvalue weighted by atomic mass is 16.4. The summed E-state index contributed by atoms with van der Waals surface area (Å²) in [6.07, 6.45) is 92.1. The van der Waals surface area contributed by atoms with Gasteiger partial charge in [0.2, 0.25) is 0 Å². The van der Waals surface area contributed by atoms with Gasteiger partial charge in [-0.25, -0.2) is 0 Å². The molecule has 0 aromatic heterocycles. The SMILES string of the molecule is C.C.C.C#C.C#C.C/C=C\CCCCCCCCC(=O)O.C/C=C\CCCCCCCCCC(=O)O.C/C=C\CCCCCCCCCO.C/C=C\CCCCCCCCCO.C=CCCCCCCCCC(=O)O.CCC.CCCCCCCCCO. The van der Waals surface area contributed by atoms with E-state index in [1.54, 1.807) is 0 Å². The molecule has 0 saturated heterocycles. The van der Waals surface area contributed by atoms with Crippen LogP contribution < -0.4 is 0 Å². The van der Waals surface area contributed by atoms with Gasteiger partial charge in [-0.2, -0.15) is 0 Å². The Bertz CT molecular complexity index is 1270. The Morgan fingerprint density at radius 3 is 0.614 bits per heavy atom. The maximum absolute atomic E-state index is 10.2. The van der Waals surface area contributed by atoms with Crippen molar-refractivity contribution < 1.29 is 45.0 Å². The van der Waals surface area contributed by atoms with E-state index in [1.165, 1.54) is 231 Å². The molecule has 0 saturated carbocycles. The fraction of sp³-hybridized carbons (Fsp3) is 0.785. The maximum atomic E-state index is 10.2. The fourth-order valence-electron chi connectivity index (χ4n) is 8.19. The van der Waals surface area contributed by atoms with Crippen LogP contribution in [0.3, 0.4) is 0 Å². The van der Waals surface area contributed by atoms with Crippen molar-refractivity contribution in [1.29, 1.82) is 0 Å². The zero-order valence-electron chi connectivity index (χ0n) is 57.4. The molecule has 0 spiro atoms. The van der Waals surface area contributed by atoms with Crippen LogP contribution >= 0.6 is 0 Å². The van der Waals surface area contributed by atoms with E-state index in [4.69, 9.17) is 30.6 Å². The van der Waals surface area contributed by atoms with E-state index in [0.717, 1.165) is 64.2 Å². The molecule has 0 aliphatic carbocycles. The van der Waals surface area contributed by atoms with Crippen LogP contribution in [0, 0.1) is 25.7 Å². The summed E-state index contributed by atoms with van der Waals surface area (Å²) < 4.78 is 0. The van der Waals surface area contributed by atoms with Crippen molar-refractivity contribution in [3.8, 4) is 25.7 Å². The second kappa shape index (κ2) is 128. The summed E-state index contributed by atoms with van der Waals surface area (Å²) in [5.74, 6) is -2.01. The molecule has 0 atom stereocenters. The molecule has 0 heterocycles. The minimum Gasteiger partial charge on any atom is -0.481 e. The van der Waals surface area contributed by atoms with E-state index in [9.17, 15) is 14.4 Å². The number of unbranched alkanes of at least 4 members (excludes halogenated alkanes) is 39. The number of allylic oxidation sites excluding steroid dienone is 9. The molecule has 9 heteroatoms. The number of hydrogen-bond acceptors (Lipinski definition) is 6. The highest BCUT2D eigenvalue weighted by Gasteiger charge is 1.99. The first-order chi connectivity index (χ1) is 41.5. The fourth-order valence-corrected chi connectivity index (χ4v) is 8.19. The third-order valence-electron chi connectivity index (χ3n) is 13.1. The van der Waals surface area contributed by atoms with Crippen molar-refractivity contribution in [2.24, 2.45) is 0 Å². The molecule has 0 aliphatic rings. The summed E-state index contributed by atoms with van der Waals surface area (Å²) in [6.45, 7) is 19.5. The smallest absolute Gasteiger partial charge is 0.303 e. The normalized spacial score (nSPS) is 9.80. The molecule has 6 N–H and O–H groups in total. The van der Waals surface area contributed by atoms with Gasteiger partial charge in [-0.05, 0) is 130 Å². The van der Waals surface area contributed by atoms with E-state index < -0.39 is 17.9 Å². The average Bonchev–Trinajstić information content (AvgIpc) is 3.50. The lowest BCUT2D eigenvalue weighted by Crippen LogP contribution is -1.93. The van der Waals surface area contributed by atoms with Gasteiger partial charge in [0, 0.05) is 39.1 Å². The average molecular weight is 1250 g/mol. The molecule has 0 radical (unpaired) electrons. The molecule has 0 bridgehead atoms. The Morgan fingerprint density at radius 1 is 0.295 bits per heavy atom. The third-order valence-corrected chi connectivity index (χ3v) is 13.1. The van der Waals surface area contributed by atoms with E-state index in [2.05, 4.69) is 122 Å². The van der Waals surface area contributed by atoms with Gasteiger partial charge in [0.05, 0.1) is 0 Å². The minimum absolute atomic E-state index is 0. The molecular formula is C79H158O9. The van der Waals surface area contributed by atoms with Crippen molar-refractivity contribution in [2.75, 3.05) is 19.8 Å². The summed E-state index contributed by atoms with van der Waals surface area (Å²) in [5, 5.41) is 50.8. The lowest BCUT2D eigenvalue weighted by Gasteiger charge is -1.99. The van der Waals surface area contributed by atoms with Crippen molar-refractivity contribution in [1.82, 2.24) is 0 Å². The predicted octanol–water partition coefficient (Wildman–Crippen LogP) is 25.2. The number of aliphatic hydroxyl groups excluding tert-OH is 3. The molecule has 528 valence electrons. The number of aliphatic carboxylic acids is 3. The zero-order valence-corrected chi connectivity index (χ0v) is 57.4. The van der Waals surface area contributed by atoms with Crippen LogP contribution in [0.15, 0.2) is 61.3 Å². The van der Waals surface area contributed by atoms with Crippen molar-refractivity contribution in [3.05, 3.63) is 61.3 Å². The van der Waals surface area contributed by atoms with Crippen LogP contribution in [0.25, 0.3) is 0 Å². The summed E-state index contributed by atoms with van der Waals surface area (Å²) in [5.41, 5.74) is 0. The summed E-state index contributed by atoms with van der Waals surface area (Å²) in [6, 6.07) is 0. The Hall–Kier alpha value is -3.89. The summed E-state index contributed by atoms with van der Waals surface area (Å²) >= 11 is 0.